The van der Waals surface area contributed by atoms with Crippen molar-refractivity contribution in [3.05, 3.63) is 48.6 Å². The summed E-state index contributed by atoms with van der Waals surface area (Å²) in [5, 5.41) is 0.564. The van der Waals surface area contributed by atoms with Crippen molar-refractivity contribution in [3.63, 3.8) is 0 Å². The van der Waals surface area contributed by atoms with Gasteiger partial charge in [0.05, 0.1) is 0 Å². The first-order valence-corrected chi connectivity index (χ1v) is 4.10. The molecule has 0 spiro atoms. The van der Waals surface area contributed by atoms with E-state index in [0.29, 0.717) is 5.03 Å². The summed E-state index contributed by atoms with van der Waals surface area (Å²) in [4.78, 5) is 0. The van der Waals surface area contributed by atoms with Crippen molar-refractivity contribution < 1.29 is 0 Å². The van der Waals surface area contributed by atoms with Crippen LogP contribution in [0.1, 0.15) is 18.1 Å². The topological polar surface area (TPSA) is 0 Å². The third-order valence-corrected chi connectivity index (χ3v) is 1.88. The first-order valence-electron chi connectivity index (χ1n) is 3.72. The Morgan fingerprint density at radius 3 is 2.00 bits per heavy atom. The van der Waals surface area contributed by atoms with Crippen LogP contribution in [-0.4, -0.2) is 0 Å². The largest absolute Gasteiger partial charge is 0.0955 e. The highest BCUT2D eigenvalue weighted by Gasteiger charge is 2.02. The summed E-state index contributed by atoms with van der Waals surface area (Å²) in [5.41, 5.74) is 3.04. The van der Waals surface area contributed by atoms with E-state index < -0.39 is 0 Å². The average molecular weight is 179 g/mol. The van der Waals surface area contributed by atoms with Gasteiger partial charge in [0.1, 0.15) is 0 Å². The maximum Gasteiger partial charge on any atom is 0.0412 e. The summed E-state index contributed by atoms with van der Waals surface area (Å²) < 4.78 is 0. The Morgan fingerprint density at radius 1 is 1.17 bits per heavy atom. The van der Waals surface area contributed by atoms with E-state index in [1.165, 1.54) is 0 Å². The molecular weight excluding hydrogens is 168 g/mol. The molecule has 0 fully saturated rings. The molecule has 0 nitrogen and oxygen atoms in total. The Kier molecular flexibility index (Phi) is 2.72. The van der Waals surface area contributed by atoms with E-state index in [0.717, 1.165) is 16.7 Å². The predicted molar refractivity (Wildman–Crippen MR) is 56.0 cm³/mol. The van der Waals surface area contributed by atoms with Gasteiger partial charge in [0, 0.05) is 5.03 Å². The van der Waals surface area contributed by atoms with E-state index >= 15 is 0 Å². The molecule has 0 aromatic heterocycles. The van der Waals surface area contributed by atoms with E-state index in [1.54, 1.807) is 0 Å². The van der Waals surface area contributed by atoms with Crippen LogP contribution < -0.4 is 0 Å². The van der Waals surface area contributed by atoms with Gasteiger partial charge >= 0.3 is 0 Å². The van der Waals surface area contributed by atoms with Crippen molar-refractivity contribution in [3.8, 4) is 0 Å². The first-order chi connectivity index (χ1) is 5.63. The van der Waals surface area contributed by atoms with Crippen LogP contribution in [0.2, 0.25) is 0 Å². The normalized spacial score (nSPS) is 9.50. The number of rotatable bonds is 2. The predicted octanol–water partition coefficient (Wildman–Crippen LogP) is 3.93. The highest BCUT2D eigenvalue weighted by atomic mass is 35.5. The summed E-state index contributed by atoms with van der Waals surface area (Å²) in [6.45, 7) is 9.52. The highest BCUT2D eigenvalue weighted by molar-refractivity contribution is 6.48. The summed E-state index contributed by atoms with van der Waals surface area (Å²) in [7, 11) is 0. The molecule has 0 bridgehead atoms. The lowest BCUT2D eigenvalue weighted by molar-refractivity contribution is 1.54. The lowest BCUT2D eigenvalue weighted by Gasteiger charge is -2.06. The molecule has 0 heterocycles. The maximum atomic E-state index is 5.82. The van der Waals surface area contributed by atoms with E-state index in [2.05, 4.69) is 13.2 Å². The number of hydrogen-bond donors (Lipinski definition) is 0. The zero-order chi connectivity index (χ0) is 9.14. The van der Waals surface area contributed by atoms with Gasteiger partial charge in [0.15, 0.2) is 0 Å². The molecule has 12 heavy (non-hydrogen) atoms. The van der Waals surface area contributed by atoms with Gasteiger partial charge in [0.2, 0.25) is 0 Å². The monoisotopic (exact) mass is 178 g/mol. The van der Waals surface area contributed by atoms with E-state index in [1.807, 2.05) is 31.2 Å². The van der Waals surface area contributed by atoms with Crippen LogP contribution in [0.4, 0.5) is 0 Å². The smallest absolute Gasteiger partial charge is 0.0412 e. The van der Waals surface area contributed by atoms with Gasteiger partial charge in [-0.15, -0.1) is 0 Å². The van der Waals surface area contributed by atoms with E-state index in [4.69, 9.17) is 11.6 Å². The van der Waals surface area contributed by atoms with Gasteiger partial charge in [-0.3, -0.25) is 0 Å². The third-order valence-electron chi connectivity index (χ3n) is 1.68. The van der Waals surface area contributed by atoms with Crippen molar-refractivity contribution >= 4 is 22.2 Å². The molecule has 0 unspecified atom stereocenters. The van der Waals surface area contributed by atoms with Crippen LogP contribution in [0.3, 0.4) is 0 Å². The molecule has 62 valence electrons. The van der Waals surface area contributed by atoms with Crippen molar-refractivity contribution in [2.45, 2.75) is 6.92 Å². The number of allylic oxidation sites excluding steroid dienone is 1. The molecule has 0 saturated carbocycles. The molecule has 0 aliphatic rings. The van der Waals surface area contributed by atoms with E-state index in [9.17, 15) is 0 Å². The van der Waals surface area contributed by atoms with Gasteiger partial charge in [-0.2, -0.15) is 0 Å². The van der Waals surface area contributed by atoms with Crippen molar-refractivity contribution in [2.75, 3.05) is 0 Å². The second-order valence-corrected chi connectivity index (χ2v) is 3.19. The standard InChI is InChI=1S/C11H11Cl/c1-8(2)10-6-4-5-7-11(10)9(3)12/h4-7H,1,3H2,2H3. The SMILES string of the molecule is C=C(C)c1ccccc1C(=C)Cl. The van der Waals surface area contributed by atoms with E-state index in [-0.39, 0.29) is 0 Å². The third kappa shape index (κ3) is 1.77. The van der Waals surface area contributed by atoms with Crippen LogP contribution in [0.25, 0.3) is 10.6 Å². The molecule has 0 atom stereocenters. The van der Waals surface area contributed by atoms with Gasteiger partial charge in [-0.05, 0) is 18.1 Å². The summed E-state index contributed by atoms with van der Waals surface area (Å²) >= 11 is 5.82. The van der Waals surface area contributed by atoms with Gasteiger partial charge in [-0.1, -0.05) is 54.6 Å². The molecule has 0 amide bonds. The Bertz CT molecular complexity index is 291. The molecular formula is C11H11Cl. The summed E-state index contributed by atoms with van der Waals surface area (Å²) in [6, 6.07) is 7.84. The van der Waals surface area contributed by atoms with Gasteiger partial charge in [0.25, 0.3) is 0 Å². The molecule has 0 saturated heterocycles. The number of hydrogen-bond acceptors (Lipinski definition) is 0. The number of halogens is 1. The second kappa shape index (κ2) is 3.59. The molecule has 0 aliphatic heterocycles. The Labute approximate surface area is 78.2 Å². The Morgan fingerprint density at radius 2 is 1.67 bits per heavy atom. The molecule has 1 heteroatoms. The van der Waals surface area contributed by atoms with Crippen LogP contribution in [0.15, 0.2) is 37.4 Å². The minimum absolute atomic E-state index is 0.564. The van der Waals surface area contributed by atoms with Crippen LogP contribution >= 0.6 is 11.6 Å². The Hall–Kier alpha value is -1.01. The van der Waals surface area contributed by atoms with Gasteiger partial charge in [-0.25, -0.2) is 0 Å². The average Bonchev–Trinajstić information content (AvgIpc) is 2.04. The van der Waals surface area contributed by atoms with Gasteiger partial charge < -0.3 is 0 Å². The lowest BCUT2D eigenvalue weighted by Crippen LogP contribution is -1.85. The molecule has 0 radical (unpaired) electrons. The fourth-order valence-corrected chi connectivity index (χ4v) is 1.26. The zero-order valence-electron chi connectivity index (χ0n) is 7.10. The molecule has 0 aliphatic carbocycles. The second-order valence-electron chi connectivity index (χ2n) is 2.73. The highest BCUT2D eigenvalue weighted by Crippen LogP contribution is 2.25. The number of benzene rings is 1. The Balaban J connectivity index is 3.27. The van der Waals surface area contributed by atoms with Crippen LogP contribution in [0, 0.1) is 0 Å². The quantitative estimate of drug-likeness (QED) is 0.644. The van der Waals surface area contributed by atoms with Crippen molar-refractivity contribution in [2.24, 2.45) is 0 Å². The molecule has 1 aromatic rings. The maximum absolute atomic E-state index is 5.82. The fraction of sp³-hybridized carbons (Fsp3) is 0.0909. The van der Waals surface area contributed by atoms with Crippen LogP contribution in [-0.2, 0) is 0 Å². The van der Waals surface area contributed by atoms with Crippen molar-refractivity contribution in [1.29, 1.82) is 0 Å². The lowest BCUT2D eigenvalue weighted by atomic mass is 10.0. The minimum atomic E-state index is 0.564. The molecule has 0 N–H and O–H groups in total. The fourth-order valence-electron chi connectivity index (χ4n) is 1.09. The minimum Gasteiger partial charge on any atom is -0.0955 e. The van der Waals surface area contributed by atoms with Crippen LogP contribution in [0.5, 0.6) is 0 Å². The summed E-state index contributed by atoms with van der Waals surface area (Å²) in [6.07, 6.45) is 0. The molecule has 1 rings (SSSR count). The zero-order valence-corrected chi connectivity index (χ0v) is 7.86. The van der Waals surface area contributed by atoms with Crippen molar-refractivity contribution in [1.82, 2.24) is 0 Å². The molecule has 1 aromatic carbocycles. The first kappa shape index (κ1) is 9.08. The summed E-state index contributed by atoms with van der Waals surface area (Å²) in [5.74, 6) is 0.